The zero-order chi connectivity index (χ0) is 18.4. The Morgan fingerprint density at radius 3 is 2.64 bits per heavy atom. The van der Waals surface area contributed by atoms with E-state index in [1.807, 2.05) is 6.07 Å². The summed E-state index contributed by atoms with van der Waals surface area (Å²) in [7, 11) is 1.70. The molecule has 140 valence electrons. The molecule has 0 aliphatic carbocycles. The number of carbonyl (C=O) groups excluding carboxylic acids is 1. The highest BCUT2D eigenvalue weighted by Gasteiger charge is 2.21. The number of amides is 2. The van der Waals surface area contributed by atoms with Gasteiger partial charge in [-0.1, -0.05) is 30.7 Å². The van der Waals surface area contributed by atoms with Crippen molar-refractivity contribution in [2.45, 2.75) is 64.8 Å². The van der Waals surface area contributed by atoms with Crippen LogP contribution in [0.15, 0.2) is 24.3 Å². The maximum absolute atomic E-state index is 12.2. The molecule has 2 N–H and O–H groups in total. The maximum atomic E-state index is 12.2. The number of hydrogen-bond acceptors (Lipinski definition) is 3. The summed E-state index contributed by atoms with van der Waals surface area (Å²) in [5.74, 6) is 0. The van der Waals surface area contributed by atoms with E-state index in [4.69, 9.17) is 0 Å². The van der Waals surface area contributed by atoms with Crippen LogP contribution in [0.3, 0.4) is 0 Å². The van der Waals surface area contributed by atoms with Gasteiger partial charge in [0, 0.05) is 26.2 Å². The SMILES string of the molecule is CC1CCCCN1Cc1ccccc1CNC(=O)N(C)CC(C)(C)O. The molecule has 0 bridgehead atoms. The molecule has 1 aromatic rings. The predicted molar refractivity (Wildman–Crippen MR) is 101 cm³/mol. The van der Waals surface area contributed by atoms with Crippen molar-refractivity contribution >= 4 is 6.03 Å². The predicted octanol–water partition coefficient (Wildman–Crippen LogP) is 2.97. The molecular formula is C20H33N3O2. The van der Waals surface area contributed by atoms with Crippen LogP contribution in [-0.4, -0.2) is 52.7 Å². The third-order valence-corrected chi connectivity index (χ3v) is 4.83. The summed E-state index contributed by atoms with van der Waals surface area (Å²) in [6.45, 7) is 8.59. The lowest BCUT2D eigenvalue weighted by atomic mass is 10.0. The third kappa shape index (κ3) is 6.33. The highest BCUT2D eigenvalue weighted by Crippen LogP contribution is 2.20. The summed E-state index contributed by atoms with van der Waals surface area (Å²) in [4.78, 5) is 16.3. The topological polar surface area (TPSA) is 55.8 Å². The van der Waals surface area contributed by atoms with Crippen LogP contribution in [0.1, 0.15) is 51.2 Å². The van der Waals surface area contributed by atoms with Gasteiger partial charge in [0.1, 0.15) is 0 Å². The van der Waals surface area contributed by atoms with Crippen LogP contribution in [0, 0.1) is 0 Å². The molecule has 0 saturated carbocycles. The van der Waals surface area contributed by atoms with Gasteiger partial charge in [0.25, 0.3) is 0 Å². The monoisotopic (exact) mass is 347 g/mol. The Labute approximate surface area is 152 Å². The molecule has 0 aromatic heterocycles. The number of benzene rings is 1. The quantitative estimate of drug-likeness (QED) is 0.832. The summed E-state index contributed by atoms with van der Waals surface area (Å²) in [6, 6.07) is 8.78. The lowest BCUT2D eigenvalue weighted by Crippen LogP contribution is -2.44. The Morgan fingerprint density at radius 2 is 2.00 bits per heavy atom. The summed E-state index contributed by atoms with van der Waals surface area (Å²) in [5, 5.41) is 12.8. The van der Waals surface area contributed by atoms with E-state index in [0.717, 1.165) is 18.7 Å². The van der Waals surface area contributed by atoms with Crippen molar-refractivity contribution in [3.8, 4) is 0 Å². The van der Waals surface area contributed by atoms with Crippen molar-refractivity contribution in [2.24, 2.45) is 0 Å². The minimum Gasteiger partial charge on any atom is -0.389 e. The number of aliphatic hydroxyl groups is 1. The first-order chi connectivity index (χ1) is 11.8. The molecule has 1 aliphatic rings. The zero-order valence-corrected chi connectivity index (χ0v) is 16.1. The standard InChI is InChI=1S/C20H33N3O2/c1-16-9-7-8-12-23(16)14-18-11-6-5-10-17(18)13-21-19(24)22(4)15-20(2,3)25/h5-6,10-11,16,25H,7-9,12-15H2,1-4H3,(H,21,24). The van der Waals surface area contributed by atoms with E-state index in [9.17, 15) is 9.90 Å². The molecule has 2 rings (SSSR count). The second-order valence-corrected chi connectivity index (χ2v) is 7.91. The maximum Gasteiger partial charge on any atom is 0.317 e. The molecule has 25 heavy (non-hydrogen) atoms. The smallest absolute Gasteiger partial charge is 0.317 e. The van der Waals surface area contributed by atoms with Crippen molar-refractivity contribution in [1.29, 1.82) is 0 Å². The minimum absolute atomic E-state index is 0.164. The van der Waals surface area contributed by atoms with Gasteiger partial charge in [-0.05, 0) is 51.3 Å². The van der Waals surface area contributed by atoms with Crippen LogP contribution >= 0.6 is 0 Å². The fourth-order valence-electron chi connectivity index (χ4n) is 3.45. The van der Waals surface area contributed by atoms with Gasteiger partial charge in [-0.25, -0.2) is 4.79 Å². The second kappa shape index (κ2) is 8.68. The molecule has 0 radical (unpaired) electrons. The first kappa shape index (κ1) is 19.7. The Hall–Kier alpha value is -1.59. The van der Waals surface area contributed by atoms with E-state index < -0.39 is 5.60 Å². The number of hydrogen-bond donors (Lipinski definition) is 2. The molecule has 1 saturated heterocycles. The average molecular weight is 348 g/mol. The highest BCUT2D eigenvalue weighted by atomic mass is 16.3. The zero-order valence-electron chi connectivity index (χ0n) is 16.1. The van der Waals surface area contributed by atoms with E-state index in [1.165, 1.54) is 29.7 Å². The van der Waals surface area contributed by atoms with Gasteiger partial charge >= 0.3 is 6.03 Å². The van der Waals surface area contributed by atoms with Gasteiger partial charge in [0.15, 0.2) is 0 Å². The van der Waals surface area contributed by atoms with E-state index in [-0.39, 0.29) is 6.03 Å². The van der Waals surface area contributed by atoms with Crippen molar-refractivity contribution in [3.05, 3.63) is 35.4 Å². The minimum atomic E-state index is -0.894. The average Bonchev–Trinajstić information content (AvgIpc) is 2.54. The highest BCUT2D eigenvalue weighted by molar-refractivity contribution is 5.73. The van der Waals surface area contributed by atoms with E-state index in [1.54, 1.807) is 20.9 Å². The van der Waals surface area contributed by atoms with Gasteiger partial charge < -0.3 is 15.3 Å². The van der Waals surface area contributed by atoms with Gasteiger partial charge in [-0.2, -0.15) is 0 Å². The number of likely N-dealkylation sites (N-methyl/N-ethyl adjacent to an activating group) is 1. The van der Waals surface area contributed by atoms with Crippen LogP contribution in [0.4, 0.5) is 4.79 Å². The Morgan fingerprint density at radius 1 is 1.32 bits per heavy atom. The number of rotatable bonds is 6. The van der Waals surface area contributed by atoms with Gasteiger partial charge in [0.2, 0.25) is 0 Å². The molecule has 1 heterocycles. The number of likely N-dealkylation sites (tertiary alicyclic amines) is 1. The largest absolute Gasteiger partial charge is 0.389 e. The fraction of sp³-hybridized carbons (Fsp3) is 0.650. The van der Waals surface area contributed by atoms with E-state index in [0.29, 0.717) is 19.1 Å². The summed E-state index contributed by atoms with van der Waals surface area (Å²) >= 11 is 0. The molecule has 1 fully saturated rings. The van der Waals surface area contributed by atoms with E-state index in [2.05, 4.69) is 35.3 Å². The summed E-state index contributed by atoms with van der Waals surface area (Å²) in [5.41, 5.74) is 1.54. The second-order valence-electron chi connectivity index (χ2n) is 7.91. The first-order valence-corrected chi connectivity index (χ1v) is 9.28. The number of nitrogens with zero attached hydrogens (tertiary/aromatic N) is 2. The lowest BCUT2D eigenvalue weighted by Gasteiger charge is -2.34. The third-order valence-electron chi connectivity index (χ3n) is 4.83. The Bertz CT molecular complexity index is 568. The number of urea groups is 1. The van der Waals surface area contributed by atoms with Crippen LogP contribution in [-0.2, 0) is 13.1 Å². The molecule has 5 nitrogen and oxygen atoms in total. The number of carbonyl (C=O) groups is 1. The molecule has 1 aliphatic heterocycles. The van der Waals surface area contributed by atoms with Crippen LogP contribution in [0.25, 0.3) is 0 Å². The molecule has 0 spiro atoms. The number of nitrogens with one attached hydrogen (secondary N) is 1. The molecular weight excluding hydrogens is 314 g/mol. The molecule has 1 unspecified atom stereocenters. The summed E-state index contributed by atoms with van der Waals surface area (Å²) < 4.78 is 0. The first-order valence-electron chi connectivity index (χ1n) is 9.28. The van der Waals surface area contributed by atoms with Crippen molar-refractivity contribution in [1.82, 2.24) is 15.1 Å². The molecule has 1 atom stereocenters. The van der Waals surface area contributed by atoms with E-state index >= 15 is 0 Å². The van der Waals surface area contributed by atoms with Crippen molar-refractivity contribution in [2.75, 3.05) is 20.1 Å². The Kier molecular flexibility index (Phi) is 6.85. The summed E-state index contributed by atoms with van der Waals surface area (Å²) in [6.07, 6.45) is 3.86. The van der Waals surface area contributed by atoms with Gasteiger partial charge in [-0.3, -0.25) is 4.90 Å². The van der Waals surface area contributed by atoms with Gasteiger partial charge in [0.05, 0.1) is 12.1 Å². The molecule has 2 amide bonds. The van der Waals surface area contributed by atoms with Crippen LogP contribution in [0.2, 0.25) is 0 Å². The van der Waals surface area contributed by atoms with Crippen molar-refractivity contribution in [3.63, 3.8) is 0 Å². The lowest BCUT2D eigenvalue weighted by molar-refractivity contribution is 0.0531. The normalized spacial score (nSPS) is 18.8. The van der Waals surface area contributed by atoms with Gasteiger partial charge in [-0.15, -0.1) is 0 Å². The number of piperidine rings is 1. The molecule has 1 aromatic carbocycles. The molecule has 5 heteroatoms. The van der Waals surface area contributed by atoms with Crippen molar-refractivity contribution < 1.29 is 9.90 Å². The fourth-order valence-corrected chi connectivity index (χ4v) is 3.45. The van der Waals surface area contributed by atoms with Crippen LogP contribution < -0.4 is 5.32 Å². The van der Waals surface area contributed by atoms with Crippen LogP contribution in [0.5, 0.6) is 0 Å². The Balaban J connectivity index is 1.95.